The van der Waals surface area contributed by atoms with E-state index in [4.69, 9.17) is 42.3 Å². The van der Waals surface area contributed by atoms with Crippen LogP contribution >= 0.6 is 23.2 Å². The molecule has 0 radical (unpaired) electrons. The lowest BCUT2D eigenvalue weighted by Crippen LogP contribution is -2.10. The van der Waals surface area contributed by atoms with Gasteiger partial charge in [0.2, 0.25) is 0 Å². The summed E-state index contributed by atoms with van der Waals surface area (Å²) in [6, 6.07) is 12.3. The summed E-state index contributed by atoms with van der Waals surface area (Å²) in [5.74, 6) is -0.555. The molecule has 154 valence electrons. The number of halogens is 2. The van der Waals surface area contributed by atoms with Crippen LogP contribution < -0.4 is 0 Å². The molecule has 29 heavy (non-hydrogen) atoms. The number of nitrogens with zero attached hydrogens (tertiary/aromatic N) is 1. The zero-order valence-corrected chi connectivity index (χ0v) is 17.8. The fourth-order valence-electron chi connectivity index (χ4n) is 2.52. The second kappa shape index (κ2) is 11.5. The van der Waals surface area contributed by atoms with Gasteiger partial charge in [-0.1, -0.05) is 52.6 Å². The fraction of sp³-hybridized carbons (Fsp3) is 0.238. The van der Waals surface area contributed by atoms with Crippen LogP contribution in [0.1, 0.15) is 16.7 Å². The molecule has 2 rings (SSSR count). The molecule has 0 atom stereocenters. The van der Waals surface area contributed by atoms with E-state index in [1.54, 1.807) is 37.4 Å². The Bertz CT molecular complexity index is 894. The first kappa shape index (κ1) is 22.7. The summed E-state index contributed by atoms with van der Waals surface area (Å²) in [5, 5.41) is 5.22. The minimum atomic E-state index is -0.555. The Morgan fingerprint density at radius 1 is 1.07 bits per heavy atom. The third-order valence-corrected chi connectivity index (χ3v) is 4.50. The molecule has 0 saturated heterocycles. The molecule has 0 unspecified atom stereocenters. The molecule has 0 spiro atoms. The standard InChI is InChI=1S/C21H21Cl2NO5/c1-26-11-18(21(25)28-3)16-5-4-6-19(23)17(16)12-29-24-20(13-27-2)14-7-9-15(22)10-8-14/h4-11H,12-13H2,1-3H3/b18-11+,24-20+. The van der Waals surface area contributed by atoms with E-state index >= 15 is 0 Å². The molecule has 0 aromatic heterocycles. The minimum absolute atomic E-state index is 0.0217. The summed E-state index contributed by atoms with van der Waals surface area (Å²) in [5.41, 5.74) is 2.71. The second-order valence-corrected chi connectivity index (χ2v) is 6.62. The van der Waals surface area contributed by atoms with Crippen molar-refractivity contribution in [2.75, 3.05) is 27.9 Å². The quantitative estimate of drug-likeness (QED) is 0.186. The fourth-order valence-corrected chi connectivity index (χ4v) is 2.88. The number of hydrogen-bond acceptors (Lipinski definition) is 6. The van der Waals surface area contributed by atoms with Gasteiger partial charge in [0.25, 0.3) is 0 Å². The van der Waals surface area contributed by atoms with Gasteiger partial charge in [0.1, 0.15) is 17.9 Å². The molecule has 2 aromatic carbocycles. The number of carbonyl (C=O) groups is 1. The number of ether oxygens (including phenoxy) is 3. The smallest absolute Gasteiger partial charge is 0.341 e. The maximum atomic E-state index is 12.1. The minimum Gasteiger partial charge on any atom is -0.503 e. The molecule has 0 bridgehead atoms. The van der Waals surface area contributed by atoms with Crippen molar-refractivity contribution in [1.29, 1.82) is 0 Å². The van der Waals surface area contributed by atoms with E-state index in [0.717, 1.165) is 5.56 Å². The van der Waals surface area contributed by atoms with Crippen molar-refractivity contribution in [2.45, 2.75) is 6.61 Å². The first-order valence-corrected chi connectivity index (χ1v) is 9.30. The first-order valence-electron chi connectivity index (χ1n) is 8.54. The van der Waals surface area contributed by atoms with Gasteiger partial charge in [-0.3, -0.25) is 0 Å². The average molecular weight is 438 g/mol. The van der Waals surface area contributed by atoms with Gasteiger partial charge in [-0.25, -0.2) is 4.79 Å². The lowest BCUT2D eigenvalue weighted by Gasteiger charge is -2.13. The van der Waals surface area contributed by atoms with E-state index in [2.05, 4.69) is 5.16 Å². The third-order valence-electron chi connectivity index (χ3n) is 3.89. The van der Waals surface area contributed by atoms with Crippen molar-refractivity contribution < 1.29 is 23.8 Å². The van der Waals surface area contributed by atoms with Crippen LogP contribution in [0, 0.1) is 0 Å². The van der Waals surface area contributed by atoms with Crippen LogP contribution in [-0.2, 0) is 30.4 Å². The molecule has 0 saturated carbocycles. The van der Waals surface area contributed by atoms with E-state index in [0.29, 0.717) is 26.9 Å². The summed E-state index contributed by atoms with van der Waals surface area (Å²) < 4.78 is 15.0. The summed E-state index contributed by atoms with van der Waals surface area (Å²) in [4.78, 5) is 17.7. The molecule has 0 heterocycles. The molecular formula is C21H21Cl2NO5. The van der Waals surface area contributed by atoms with E-state index < -0.39 is 5.97 Å². The molecule has 0 fully saturated rings. The molecule has 6 nitrogen and oxygen atoms in total. The van der Waals surface area contributed by atoms with Gasteiger partial charge in [-0.05, 0) is 18.2 Å². The maximum Gasteiger partial charge on any atom is 0.341 e. The summed E-state index contributed by atoms with van der Waals surface area (Å²) in [6.07, 6.45) is 1.30. The highest BCUT2D eigenvalue weighted by atomic mass is 35.5. The molecule has 0 amide bonds. The van der Waals surface area contributed by atoms with Crippen LogP contribution in [0.15, 0.2) is 53.9 Å². The van der Waals surface area contributed by atoms with Gasteiger partial charge in [-0.2, -0.15) is 0 Å². The number of benzene rings is 2. The van der Waals surface area contributed by atoms with Crippen LogP contribution in [-0.4, -0.2) is 39.6 Å². The van der Waals surface area contributed by atoms with Crippen LogP contribution in [0.5, 0.6) is 0 Å². The lowest BCUT2D eigenvalue weighted by atomic mass is 10.0. The predicted octanol–water partition coefficient (Wildman–Crippen LogP) is 4.72. The molecule has 8 heteroatoms. The summed E-state index contributed by atoms with van der Waals surface area (Å²) in [6.45, 7) is 0.266. The maximum absolute atomic E-state index is 12.1. The lowest BCUT2D eigenvalue weighted by molar-refractivity contribution is -0.133. The summed E-state index contributed by atoms with van der Waals surface area (Å²) in [7, 11) is 4.30. The van der Waals surface area contributed by atoms with E-state index in [1.165, 1.54) is 20.5 Å². The van der Waals surface area contributed by atoms with E-state index in [-0.39, 0.29) is 18.8 Å². The predicted molar refractivity (Wildman–Crippen MR) is 113 cm³/mol. The molecule has 2 aromatic rings. The largest absolute Gasteiger partial charge is 0.503 e. The monoisotopic (exact) mass is 437 g/mol. The van der Waals surface area contributed by atoms with Gasteiger partial charge in [0, 0.05) is 33.8 Å². The molecule has 0 aliphatic carbocycles. The van der Waals surface area contributed by atoms with Crippen LogP contribution in [0.25, 0.3) is 5.57 Å². The van der Waals surface area contributed by atoms with Crippen molar-refractivity contribution in [3.63, 3.8) is 0 Å². The number of carbonyl (C=O) groups excluding carboxylic acids is 1. The van der Waals surface area contributed by atoms with E-state index in [1.807, 2.05) is 12.1 Å². The second-order valence-electron chi connectivity index (χ2n) is 5.78. The van der Waals surface area contributed by atoms with Crippen LogP contribution in [0.3, 0.4) is 0 Å². The van der Waals surface area contributed by atoms with Crippen LogP contribution in [0.4, 0.5) is 0 Å². The van der Waals surface area contributed by atoms with Crippen molar-refractivity contribution in [3.8, 4) is 0 Å². The topological polar surface area (TPSA) is 66.4 Å². The first-order chi connectivity index (χ1) is 14.0. The molecule has 0 aliphatic rings. The van der Waals surface area contributed by atoms with Gasteiger partial charge in [0.05, 0.1) is 27.1 Å². The zero-order valence-electron chi connectivity index (χ0n) is 16.3. The van der Waals surface area contributed by atoms with Gasteiger partial charge >= 0.3 is 5.97 Å². The molecule has 0 N–H and O–H groups in total. The Labute approximate surface area is 179 Å². The van der Waals surface area contributed by atoms with Crippen molar-refractivity contribution in [1.82, 2.24) is 0 Å². The zero-order chi connectivity index (χ0) is 21.2. The number of methoxy groups -OCH3 is 3. The normalized spacial score (nSPS) is 11.9. The van der Waals surface area contributed by atoms with Crippen LogP contribution in [0.2, 0.25) is 10.0 Å². The van der Waals surface area contributed by atoms with E-state index in [9.17, 15) is 4.79 Å². The molecule has 0 aliphatic heterocycles. The molecular weight excluding hydrogens is 417 g/mol. The highest BCUT2D eigenvalue weighted by molar-refractivity contribution is 6.32. The van der Waals surface area contributed by atoms with Crippen molar-refractivity contribution >= 4 is 40.5 Å². The highest BCUT2D eigenvalue weighted by Gasteiger charge is 2.19. The van der Waals surface area contributed by atoms with Gasteiger partial charge in [0.15, 0.2) is 0 Å². The third kappa shape index (κ3) is 6.22. The number of hydrogen-bond donors (Lipinski definition) is 0. The van der Waals surface area contributed by atoms with Crippen molar-refractivity contribution in [3.05, 3.63) is 75.5 Å². The van der Waals surface area contributed by atoms with Gasteiger partial charge in [-0.15, -0.1) is 0 Å². The Morgan fingerprint density at radius 2 is 1.79 bits per heavy atom. The Kier molecular flexibility index (Phi) is 8.99. The SMILES string of the molecule is CO/C=C(/C(=O)OC)c1cccc(Cl)c1CO/N=C(\COC)c1ccc(Cl)cc1. The highest BCUT2D eigenvalue weighted by Crippen LogP contribution is 2.28. The van der Waals surface area contributed by atoms with Crippen molar-refractivity contribution in [2.24, 2.45) is 5.16 Å². The summed E-state index contributed by atoms with van der Waals surface area (Å²) >= 11 is 12.3. The Balaban J connectivity index is 2.31. The number of esters is 1. The number of oxime groups is 1. The van der Waals surface area contributed by atoms with Gasteiger partial charge < -0.3 is 19.0 Å². The Hall–Kier alpha value is -2.54. The average Bonchev–Trinajstić information content (AvgIpc) is 2.72. The number of rotatable bonds is 9. The Morgan fingerprint density at radius 3 is 2.41 bits per heavy atom.